The van der Waals surface area contributed by atoms with Gasteiger partial charge in [0.1, 0.15) is 12.1 Å². The summed E-state index contributed by atoms with van der Waals surface area (Å²) < 4.78 is 37.3. The molecule has 17 heteroatoms. The van der Waals surface area contributed by atoms with Gasteiger partial charge in [0.2, 0.25) is 39.6 Å². The Morgan fingerprint density at radius 1 is 0.842 bits per heavy atom. The minimum atomic E-state index is -3.72. The number of hydrogen-bond donors (Lipinski definition) is 3. The van der Waals surface area contributed by atoms with E-state index in [-0.39, 0.29) is 75.0 Å². The zero-order valence-corrected chi connectivity index (χ0v) is 35.4. The molecule has 0 spiro atoms. The lowest BCUT2D eigenvalue weighted by atomic mass is 9.96. The van der Waals surface area contributed by atoms with Crippen LogP contribution in [-0.4, -0.2) is 117 Å². The van der Waals surface area contributed by atoms with Crippen LogP contribution in [0.3, 0.4) is 0 Å². The van der Waals surface area contributed by atoms with Gasteiger partial charge in [-0.2, -0.15) is 4.99 Å². The highest BCUT2D eigenvalue weighted by atomic mass is 32.2. The maximum atomic E-state index is 13.7. The molecule has 16 nitrogen and oxygen atoms in total. The van der Waals surface area contributed by atoms with Gasteiger partial charge in [-0.05, 0) is 98.0 Å². The van der Waals surface area contributed by atoms with Gasteiger partial charge in [-0.25, -0.2) is 13.1 Å². The van der Waals surface area contributed by atoms with Gasteiger partial charge in [-0.15, -0.1) is 0 Å². The number of rotatable bonds is 16. The van der Waals surface area contributed by atoms with Gasteiger partial charge in [0.05, 0.1) is 30.3 Å². The number of carbonyl (C=O) groups is 6. The molecule has 57 heavy (non-hydrogen) atoms. The van der Waals surface area contributed by atoms with E-state index < -0.39 is 50.7 Å². The van der Waals surface area contributed by atoms with Crippen LogP contribution >= 0.6 is 0 Å². The lowest BCUT2D eigenvalue weighted by Crippen LogP contribution is -2.54. The Balaban J connectivity index is 1.58. The summed E-state index contributed by atoms with van der Waals surface area (Å²) in [6, 6.07) is 7.30. The molecule has 2 aliphatic rings. The number of benzene rings is 1. The molecule has 318 valence electrons. The van der Waals surface area contributed by atoms with Crippen molar-refractivity contribution in [1.29, 1.82) is 0 Å². The Hall–Kier alpha value is -4.38. The summed E-state index contributed by atoms with van der Waals surface area (Å²) in [6.07, 6.45) is 4.01. The number of ether oxygens (including phenoxy) is 2. The maximum absolute atomic E-state index is 13.7. The number of carbonyl (C=O) groups excluding carboxylic acids is 6. The monoisotopic (exact) mass is 818 g/mol. The third-order valence-electron chi connectivity index (χ3n) is 9.51. The molecule has 0 aliphatic carbocycles. The van der Waals surface area contributed by atoms with Gasteiger partial charge < -0.3 is 24.6 Å². The molecule has 2 heterocycles. The van der Waals surface area contributed by atoms with Crippen molar-refractivity contribution in [2.45, 2.75) is 111 Å². The molecular weight excluding hydrogens is 757 g/mol. The van der Waals surface area contributed by atoms with Crippen LogP contribution in [0.2, 0.25) is 0 Å². The Morgan fingerprint density at radius 2 is 1.42 bits per heavy atom. The summed E-state index contributed by atoms with van der Waals surface area (Å²) in [5, 5.41) is 5.76. The number of nitrogens with zero attached hydrogens (tertiary/aromatic N) is 3. The molecule has 0 bridgehead atoms. The SMILES string of the molecule is CC(C)(C)C(=O)OCCCC(=O)/N=C(/NC(=O)CCCOC(=O)C(C)(C)C)N1CCC(CNC(=O)[C@@H]2CCCN2C(=O)[C@@H](Cc2ccccc2)NS(C)(=O)=O)CC1. The average molecular weight is 819 g/mol. The van der Waals surface area contributed by atoms with Gasteiger partial charge in [0.25, 0.3) is 0 Å². The minimum Gasteiger partial charge on any atom is -0.465 e. The van der Waals surface area contributed by atoms with E-state index in [1.807, 2.05) is 35.2 Å². The lowest BCUT2D eigenvalue weighted by Gasteiger charge is -2.34. The second kappa shape index (κ2) is 21.4. The van der Waals surface area contributed by atoms with E-state index in [9.17, 15) is 37.2 Å². The van der Waals surface area contributed by atoms with Crippen molar-refractivity contribution < 1.29 is 46.7 Å². The third-order valence-corrected chi connectivity index (χ3v) is 10.2. The molecule has 3 rings (SSSR count). The first-order chi connectivity index (χ1) is 26.6. The Labute approximate surface area is 337 Å². The summed E-state index contributed by atoms with van der Waals surface area (Å²) in [7, 11) is -3.72. The largest absolute Gasteiger partial charge is 0.465 e. The van der Waals surface area contributed by atoms with Crippen LogP contribution in [0.25, 0.3) is 0 Å². The van der Waals surface area contributed by atoms with Crippen LogP contribution in [0.15, 0.2) is 35.3 Å². The predicted molar refractivity (Wildman–Crippen MR) is 214 cm³/mol. The van der Waals surface area contributed by atoms with E-state index in [4.69, 9.17) is 9.47 Å². The number of hydrogen-bond acceptors (Lipinski definition) is 10. The predicted octanol–water partition coefficient (Wildman–Crippen LogP) is 2.70. The molecule has 4 amide bonds. The molecule has 0 aromatic heterocycles. The van der Waals surface area contributed by atoms with E-state index in [0.29, 0.717) is 51.9 Å². The second-order valence-electron chi connectivity index (χ2n) is 16.9. The van der Waals surface area contributed by atoms with Crippen molar-refractivity contribution >= 4 is 51.6 Å². The molecule has 2 atom stereocenters. The second-order valence-corrected chi connectivity index (χ2v) is 18.6. The maximum Gasteiger partial charge on any atom is 0.311 e. The molecule has 2 saturated heterocycles. The minimum absolute atomic E-state index is 0.0000529. The van der Waals surface area contributed by atoms with Gasteiger partial charge in [0, 0.05) is 39.0 Å². The lowest BCUT2D eigenvalue weighted by molar-refractivity contribution is -0.153. The van der Waals surface area contributed by atoms with Crippen LogP contribution in [0, 0.1) is 16.7 Å². The summed E-state index contributed by atoms with van der Waals surface area (Å²) in [5.74, 6) is -2.20. The summed E-state index contributed by atoms with van der Waals surface area (Å²) in [5.41, 5.74) is -0.543. The van der Waals surface area contributed by atoms with Crippen molar-refractivity contribution in [1.82, 2.24) is 25.2 Å². The first-order valence-corrected chi connectivity index (χ1v) is 21.6. The smallest absolute Gasteiger partial charge is 0.311 e. The highest BCUT2D eigenvalue weighted by molar-refractivity contribution is 7.88. The van der Waals surface area contributed by atoms with Crippen molar-refractivity contribution in [3.05, 3.63) is 35.9 Å². The molecule has 3 N–H and O–H groups in total. The summed E-state index contributed by atoms with van der Waals surface area (Å²) in [4.78, 5) is 84.7. The van der Waals surface area contributed by atoms with E-state index in [2.05, 4.69) is 20.3 Å². The number of sulfonamides is 1. The number of nitrogens with one attached hydrogen (secondary N) is 3. The van der Waals surface area contributed by atoms with E-state index in [1.165, 1.54) is 4.90 Å². The van der Waals surface area contributed by atoms with E-state index in [0.717, 1.165) is 11.8 Å². The fourth-order valence-electron chi connectivity index (χ4n) is 6.26. The number of aliphatic imine (C=N–C) groups is 1. The van der Waals surface area contributed by atoms with E-state index in [1.54, 1.807) is 41.5 Å². The number of guanidine groups is 1. The first kappa shape index (κ1) is 47.0. The highest BCUT2D eigenvalue weighted by Gasteiger charge is 2.38. The number of esters is 2. The summed E-state index contributed by atoms with van der Waals surface area (Å²) in [6.45, 7) is 12.1. The van der Waals surface area contributed by atoms with Crippen molar-refractivity contribution in [2.24, 2.45) is 21.7 Å². The molecule has 2 fully saturated rings. The molecule has 2 aliphatic heterocycles. The standard InChI is InChI=1S/C40H62N6O10S/c1-39(2,3)36(51)55-24-12-17-32(47)42-38(43-33(48)18-13-25-56-37(52)40(4,5)6)45-22-19-29(20-23-45)27-41-34(49)31-16-11-21-46(31)35(50)30(44-57(7,53)54)26-28-14-9-8-10-15-28/h8-10,14-15,29-31,44H,11-13,16-27H2,1-7H3,(H,41,49)(H,42,43,47,48)/t30-,31+/m1/s1. The van der Waals surface area contributed by atoms with Crippen LogP contribution in [0.5, 0.6) is 0 Å². The Kier molecular flexibility index (Phi) is 17.6. The quantitative estimate of drug-likeness (QED) is 0.0956. The normalized spacial score (nSPS) is 17.5. The molecule has 1 aromatic rings. The van der Waals surface area contributed by atoms with Crippen LogP contribution < -0.4 is 15.4 Å². The van der Waals surface area contributed by atoms with Gasteiger partial charge in [-0.3, -0.25) is 34.1 Å². The van der Waals surface area contributed by atoms with Gasteiger partial charge in [-0.1, -0.05) is 30.3 Å². The Morgan fingerprint density at radius 3 is 1.98 bits per heavy atom. The molecule has 0 saturated carbocycles. The molecule has 1 aromatic carbocycles. The third kappa shape index (κ3) is 16.6. The number of amides is 4. The zero-order valence-electron chi connectivity index (χ0n) is 34.6. The highest BCUT2D eigenvalue weighted by Crippen LogP contribution is 2.22. The van der Waals surface area contributed by atoms with Gasteiger partial charge >= 0.3 is 11.9 Å². The molecular formula is C40H62N6O10S. The van der Waals surface area contributed by atoms with Crippen LogP contribution in [0.4, 0.5) is 0 Å². The van der Waals surface area contributed by atoms with Crippen molar-refractivity contribution in [3.63, 3.8) is 0 Å². The van der Waals surface area contributed by atoms with Crippen molar-refractivity contribution in [3.8, 4) is 0 Å². The molecule has 0 radical (unpaired) electrons. The summed E-state index contributed by atoms with van der Waals surface area (Å²) >= 11 is 0. The number of likely N-dealkylation sites (tertiary alicyclic amines) is 2. The van der Waals surface area contributed by atoms with Crippen LogP contribution in [-0.2, 0) is 54.7 Å². The van der Waals surface area contributed by atoms with Crippen LogP contribution in [0.1, 0.15) is 98.5 Å². The topological polar surface area (TPSA) is 210 Å². The number of piperidine rings is 1. The van der Waals surface area contributed by atoms with Gasteiger partial charge in [0.15, 0.2) is 0 Å². The molecule has 0 unspecified atom stereocenters. The fourth-order valence-corrected chi connectivity index (χ4v) is 6.96. The van der Waals surface area contributed by atoms with Crippen molar-refractivity contribution in [2.75, 3.05) is 45.6 Å². The first-order valence-electron chi connectivity index (χ1n) is 19.7. The van der Waals surface area contributed by atoms with E-state index >= 15 is 0 Å². The average Bonchev–Trinajstić information content (AvgIpc) is 3.63. The zero-order chi connectivity index (χ0) is 42.4. The Bertz CT molecular complexity index is 1700. The fraction of sp³-hybridized carbons (Fsp3) is 0.675.